The van der Waals surface area contributed by atoms with E-state index < -0.39 is 0 Å². The third-order valence-electron chi connectivity index (χ3n) is 4.39. The van der Waals surface area contributed by atoms with Gasteiger partial charge in [0.25, 0.3) is 5.91 Å². The van der Waals surface area contributed by atoms with Crippen molar-refractivity contribution in [3.8, 4) is 0 Å². The standard InChI is InChI=1S/C19H25N5OS/c1-12-7-8-13(2)17-15(12)20-19(26-17)24(10-9-22(4)5)18(25)16-14(3)11-23(6)21-16/h7-8,11H,9-10H2,1-6H3. The maximum atomic E-state index is 13.2. The van der Waals surface area contributed by atoms with Gasteiger partial charge in [0.15, 0.2) is 10.8 Å². The monoisotopic (exact) mass is 371 g/mol. The average Bonchev–Trinajstić information content (AvgIpc) is 3.15. The van der Waals surface area contributed by atoms with Crippen molar-refractivity contribution in [2.75, 3.05) is 32.1 Å². The Balaban J connectivity index is 2.06. The number of likely N-dealkylation sites (N-methyl/N-ethyl adjacent to an activating group) is 1. The first-order valence-electron chi connectivity index (χ1n) is 8.61. The van der Waals surface area contributed by atoms with E-state index >= 15 is 0 Å². The number of hydrogen-bond acceptors (Lipinski definition) is 5. The molecular weight excluding hydrogens is 346 g/mol. The van der Waals surface area contributed by atoms with Gasteiger partial charge in [-0.25, -0.2) is 4.98 Å². The van der Waals surface area contributed by atoms with Crippen LogP contribution in [-0.4, -0.2) is 52.8 Å². The van der Waals surface area contributed by atoms with Crippen LogP contribution in [0.15, 0.2) is 18.3 Å². The maximum Gasteiger partial charge on any atom is 0.280 e. The van der Waals surface area contributed by atoms with Crippen LogP contribution in [0.3, 0.4) is 0 Å². The molecule has 2 aromatic heterocycles. The zero-order valence-corrected chi connectivity index (χ0v) is 17.0. The van der Waals surface area contributed by atoms with E-state index in [1.165, 1.54) is 5.56 Å². The van der Waals surface area contributed by atoms with Crippen LogP contribution in [0.4, 0.5) is 5.13 Å². The number of anilines is 1. The zero-order valence-electron chi connectivity index (χ0n) is 16.2. The van der Waals surface area contributed by atoms with Gasteiger partial charge in [0.2, 0.25) is 0 Å². The molecule has 1 amide bonds. The summed E-state index contributed by atoms with van der Waals surface area (Å²) in [6, 6.07) is 4.19. The Morgan fingerprint density at radius 2 is 1.81 bits per heavy atom. The summed E-state index contributed by atoms with van der Waals surface area (Å²) in [6.07, 6.45) is 1.87. The summed E-state index contributed by atoms with van der Waals surface area (Å²) in [5.41, 5.74) is 4.65. The largest absolute Gasteiger partial charge is 0.308 e. The summed E-state index contributed by atoms with van der Waals surface area (Å²) < 4.78 is 2.82. The summed E-state index contributed by atoms with van der Waals surface area (Å²) in [5.74, 6) is -0.0979. The van der Waals surface area contributed by atoms with Crippen LogP contribution in [0.25, 0.3) is 10.2 Å². The molecule has 0 saturated carbocycles. The van der Waals surface area contributed by atoms with Crippen molar-refractivity contribution in [3.05, 3.63) is 40.7 Å². The molecule has 0 aliphatic rings. The molecule has 0 spiro atoms. The molecule has 7 heteroatoms. The molecule has 6 nitrogen and oxygen atoms in total. The van der Waals surface area contributed by atoms with E-state index in [-0.39, 0.29) is 5.91 Å². The normalized spacial score (nSPS) is 11.5. The van der Waals surface area contributed by atoms with Crippen LogP contribution in [-0.2, 0) is 7.05 Å². The number of benzene rings is 1. The fourth-order valence-electron chi connectivity index (χ4n) is 2.89. The molecule has 0 bridgehead atoms. The van der Waals surface area contributed by atoms with Crippen LogP contribution < -0.4 is 4.90 Å². The van der Waals surface area contributed by atoms with Crippen LogP contribution in [0.5, 0.6) is 0 Å². The summed E-state index contributed by atoms with van der Waals surface area (Å²) in [7, 11) is 5.83. The highest BCUT2D eigenvalue weighted by Crippen LogP contribution is 2.33. The number of rotatable bonds is 5. The molecule has 0 aliphatic carbocycles. The zero-order chi connectivity index (χ0) is 19.0. The number of fused-ring (bicyclic) bond motifs is 1. The first-order chi connectivity index (χ1) is 12.3. The SMILES string of the molecule is Cc1cn(C)nc1C(=O)N(CCN(C)C)c1nc2c(C)ccc(C)c2s1. The van der Waals surface area contributed by atoms with Gasteiger partial charge in [-0.05, 0) is 46.0 Å². The Morgan fingerprint density at radius 3 is 2.38 bits per heavy atom. The second kappa shape index (κ2) is 7.17. The third kappa shape index (κ3) is 3.50. The molecule has 0 N–H and O–H groups in total. The molecule has 138 valence electrons. The van der Waals surface area contributed by atoms with Crippen LogP contribution in [0.1, 0.15) is 27.2 Å². The number of nitrogens with zero attached hydrogens (tertiary/aromatic N) is 5. The lowest BCUT2D eigenvalue weighted by atomic mass is 10.1. The Hall–Kier alpha value is -2.25. The van der Waals surface area contributed by atoms with E-state index in [0.29, 0.717) is 12.2 Å². The topological polar surface area (TPSA) is 54.3 Å². The molecule has 0 atom stereocenters. The van der Waals surface area contributed by atoms with Gasteiger partial charge in [-0.1, -0.05) is 23.5 Å². The lowest BCUT2D eigenvalue weighted by molar-refractivity contribution is 0.0979. The number of hydrogen-bond donors (Lipinski definition) is 0. The molecular formula is C19H25N5OS. The second-order valence-electron chi connectivity index (χ2n) is 6.97. The van der Waals surface area contributed by atoms with Crippen molar-refractivity contribution in [3.63, 3.8) is 0 Å². The first kappa shape index (κ1) is 18.5. The molecule has 0 radical (unpaired) electrons. The third-order valence-corrected chi connectivity index (χ3v) is 5.61. The lowest BCUT2D eigenvalue weighted by Gasteiger charge is -2.21. The van der Waals surface area contributed by atoms with Gasteiger partial charge in [0.1, 0.15) is 0 Å². The molecule has 0 saturated heterocycles. The number of thiazole rings is 1. The van der Waals surface area contributed by atoms with E-state index in [0.717, 1.165) is 33.0 Å². The second-order valence-corrected chi connectivity index (χ2v) is 7.95. The molecule has 0 aliphatic heterocycles. The molecule has 1 aromatic carbocycles. The summed E-state index contributed by atoms with van der Waals surface area (Å²) in [5, 5.41) is 5.09. The Labute approximate surface area is 158 Å². The van der Waals surface area contributed by atoms with Gasteiger partial charge in [-0.2, -0.15) is 5.10 Å². The Bertz CT molecular complexity index is 917. The summed E-state index contributed by atoms with van der Waals surface area (Å²) >= 11 is 1.57. The fraction of sp³-hybridized carbons (Fsp3) is 0.421. The highest BCUT2D eigenvalue weighted by molar-refractivity contribution is 7.22. The smallest absolute Gasteiger partial charge is 0.280 e. The van der Waals surface area contributed by atoms with Gasteiger partial charge in [0.05, 0.1) is 10.2 Å². The summed E-state index contributed by atoms with van der Waals surface area (Å²) in [6.45, 7) is 7.38. The first-order valence-corrected chi connectivity index (χ1v) is 9.43. The fourth-order valence-corrected chi connectivity index (χ4v) is 4.03. The predicted molar refractivity (Wildman–Crippen MR) is 107 cm³/mol. The van der Waals surface area contributed by atoms with E-state index in [2.05, 4.69) is 36.0 Å². The van der Waals surface area contributed by atoms with Crippen LogP contribution in [0.2, 0.25) is 0 Å². The van der Waals surface area contributed by atoms with Crippen molar-refractivity contribution in [1.29, 1.82) is 0 Å². The minimum absolute atomic E-state index is 0.0979. The predicted octanol–water partition coefficient (Wildman–Crippen LogP) is 3.16. The molecule has 3 aromatic rings. The van der Waals surface area contributed by atoms with Crippen molar-refractivity contribution < 1.29 is 4.79 Å². The highest BCUT2D eigenvalue weighted by atomic mass is 32.1. The lowest BCUT2D eigenvalue weighted by Crippen LogP contribution is -2.37. The van der Waals surface area contributed by atoms with E-state index in [1.54, 1.807) is 20.9 Å². The Morgan fingerprint density at radius 1 is 1.12 bits per heavy atom. The number of carbonyl (C=O) groups excluding carboxylic acids is 1. The highest BCUT2D eigenvalue weighted by Gasteiger charge is 2.25. The van der Waals surface area contributed by atoms with E-state index in [9.17, 15) is 4.79 Å². The minimum atomic E-state index is -0.0979. The van der Waals surface area contributed by atoms with Crippen molar-refractivity contribution in [1.82, 2.24) is 19.7 Å². The molecule has 26 heavy (non-hydrogen) atoms. The number of aryl methyl sites for hydroxylation is 4. The quantitative estimate of drug-likeness (QED) is 0.691. The molecule has 0 unspecified atom stereocenters. The van der Waals surface area contributed by atoms with Crippen LogP contribution >= 0.6 is 11.3 Å². The molecule has 3 rings (SSSR count). The van der Waals surface area contributed by atoms with Crippen molar-refractivity contribution in [2.24, 2.45) is 7.05 Å². The van der Waals surface area contributed by atoms with Gasteiger partial charge >= 0.3 is 0 Å². The van der Waals surface area contributed by atoms with Gasteiger partial charge in [-0.15, -0.1) is 0 Å². The van der Waals surface area contributed by atoms with Crippen LogP contribution in [0, 0.1) is 20.8 Å². The molecule has 0 fully saturated rings. The number of aromatic nitrogens is 3. The minimum Gasteiger partial charge on any atom is -0.308 e. The van der Waals surface area contributed by atoms with Gasteiger partial charge in [-0.3, -0.25) is 14.4 Å². The van der Waals surface area contributed by atoms with Gasteiger partial charge in [0, 0.05) is 31.9 Å². The van der Waals surface area contributed by atoms with Crippen molar-refractivity contribution >= 4 is 32.6 Å². The number of amides is 1. The summed E-state index contributed by atoms with van der Waals surface area (Å²) in [4.78, 5) is 21.9. The Kier molecular flexibility index (Phi) is 5.11. The maximum absolute atomic E-state index is 13.2. The van der Waals surface area contributed by atoms with Gasteiger partial charge < -0.3 is 4.90 Å². The molecule has 2 heterocycles. The number of carbonyl (C=O) groups is 1. The van der Waals surface area contributed by atoms with Crippen molar-refractivity contribution in [2.45, 2.75) is 20.8 Å². The van der Waals surface area contributed by atoms with E-state index in [4.69, 9.17) is 4.98 Å². The van der Waals surface area contributed by atoms with E-state index in [1.807, 2.05) is 34.3 Å². The average molecular weight is 372 g/mol.